The van der Waals surface area contributed by atoms with Gasteiger partial charge in [0.25, 0.3) is 9.24 Å². The van der Waals surface area contributed by atoms with E-state index in [2.05, 4.69) is 13.8 Å². The van der Waals surface area contributed by atoms with Crippen LogP contribution < -0.4 is 0 Å². The van der Waals surface area contributed by atoms with Gasteiger partial charge in [-0.05, 0) is 17.3 Å². The molecule has 2 unspecified atom stereocenters. The van der Waals surface area contributed by atoms with E-state index >= 15 is 0 Å². The molecule has 2 atom stereocenters. The molecule has 2 aliphatic rings. The summed E-state index contributed by atoms with van der Waals surface area (Å²) in [7, 11) is 1.77. The van der Waals surface area contributed by atoms with Crippen molar-refractivity contribution < 1.29 is 8.42 Å². The molecule has 0 bridgehead atoms. The third-order valence-electron chi connectivity index (χ3n) is 3.40. The van der Waals surface area contributed by atoms with Gasteiger partial charge in [-0.1, -0.05) is 13.8 Å². The van der Waals surface area contributed by atoms with E-state index in [1.54, 1.807) is 0 Å². The number of fused-ring (bicyclic) bond motifs is 1. The summed E-state index contributed by atoms with van der Waals surface area (Å²) in [6.45, 7) is 5.59. The Hall–Kier alpha value is 0.200. The summed E-state index contributed by atoms with van der Waals surface area (Å²) in [4.78, 5) is 0. The predicted octanol–water partition coefficient (Wildman–Crippen LogP) is 1.06. The molecule has 5 heteroatoms. The summed E-state index contributed by atoms with van der Waals surface area (Å²) in [5, 5.41) is 0. The molecule has 0 spiro atoms. The van der Waals surface area contributed by atoms with Crippen molar-refractivity contribution >= 4 is 19.9 Å². The van der Waals surface area contributed by atoms with Crippen LogP contribution in [0.5, 0.6) is 0 Å². The van der Waals surface area contributed by atoms with Gasteiger partial charge in [-0.15, -0.1) is 0 Å². The van der Waals surface area contributed by atoms with Gasteiger partial charge in [0.05, 0.1) is 0 Å². The van der Waals surface area contributed by atoms with Gasteiger partial charge in [-0.2, -0.15) is 12.7 Å². The van der Waals surface area contributed by atoms with Gasteiger partial charge in [-0.25, -0.2) is 0 Å². The first-order valence-electron chi connectivity index (χ1n) is 4.03. The Morgan fingerprint density at radius 2 is 1.75 bits per heavy atom. The SMILES string of the molecule is CC1(C)C2CN(S(=O)(=O)Cl)CC21. The average molecular weight is 210 g/mol. The van der Waals surface area contributed by atoms with E-state index in [1.165, 1.54) is 4.31 Å². The normalized spacial score (nSPS) is 39.6. The van der Waals surface area contributed by atoms with Crippen LogP contribution in [0.15, 0.2) is 0 Å². The van der Waals surface area contributed by atoms with Gasteiger partial charge in [0.2, 0.25) is 0 Å². The summed E-state index contributed by atoms with van der Waals surface area (Å²) < 4.78 is 23.2. The van der Waals surface area contributed by atoms with Gasteiger partial charge >= 0.3 is 0 Å². The van der Waals surface area contributed by atoms with E-state index in [1.807, 2.05) is 0 Å². The van der Waals surface area contributed by atoms with E-state index in [4.69, 9.17) is 10.7 Å². The molecule has 0 aromatic rings. The fourth-order valence-corrected chi connectivity index (χ4v) is 3.29. The maximum absolute atomic E-state index is 10.9. The monoisotopic (exact) mass is 209 g/mol. The van der Waals surface area contributed by atoms with Crippen molar-refractivity contribution in [1.82, 2.24) is 4.31 Å². The Morgan fingerprint density at radius 1 is 1.33 bits per heavy atom. The van der Waals surface area contributed by atoms with Crippen LogP contribution in [0.1, 0.15) is 13.8 Å². The van der Waals surface area contributed by atoms with Crippen molar-refractivity contribution in [2.75, 3.05) is 13.1 Å². The quantitative estimate of drug-likeness (QED) is 0.606. The third-order valence-corrected chi connectivity index (χ3v) is 4.90. The topological polar surface area (TPSA) is 37.4 Å². The Labute approximate surface area is 77.2 Å². The number of nitrogens with zero attached hydrogens (tertiary/aromatic N) is 1. The fourth-order valence-electron chi connectivity index (χ4n) is 2.27. The molecule has 12 heavy (non-hydrogen) atoms. The smallest absolute Gasteiger partial charge is 0.195 e. The number of halogens is 1. The van der Waals surface area contributed by atoms with Crippen molar-refractivity contribution in [1.29, 1.82) is 0 Å². The summed E-state index contributed by atoms with van der Waals surface area (Å²) >= 11 is 0. The first-order valence-corrected chi connectivity index (χ1v) is 6.30. The fraction of sp³-hybridized carbons (Fsp3) is 1.00. The first-order chi connectivity index (χ1) is 5.33. The lowest BCUT2D eigenvalue weighted by Crippen LogP contribution is -2.29. The van der Waals surface area contributed by atoms with Gasteiger partial charge in [0, 0.05) is 23.8 Å². The molecule has 0 aromatic heterocycles. The molecule has 1 aliphatic heterocycles. The first kappa shape index (κ1) is 8.78. The molecule has 70 valence electrons. The molecule has 2 fully saturated rings. The third kappa shape index (κ3) is 1.09. The minimum absolute atomic E-state index is 0.345. The van der Waals surface area contributed by atoms with Crippen LogP contribution in [-0.4, -0.2) is 25.8 Å². The Morgan fingerprint density at radius 3 is 2.08 bits per heavy atom. The summed E-state index contributed by atoms with van der Waals surface area (Å²) in [5.74, 6) is 1.07. The lowest BCUT2D eigenvalue weighted by Gasteiger charge is -2.17. The second-order valence-electron chi connectivity index (χ2n) is 4.29. The van der Waals surface area contributed by atoms with Crippen LogP contribution in [0.3, 0.4) is 0 Å². The van der Waals surface area contributed by atoms with Crippen molar-refractivity contribution in [2.45, 2.75) is 13.8 Å². The Bertz CT molecular complexity index is 297. The summed E-state index contributed by atoms with van der Waals surface area (Å²) in [6, 6.07) is 0. The van der Waals surface area contributed by atoms with Crippen molar-refractivity contribution in [3.05, 3.63) is 0 Å². The predicted molar refractivity (Wildman–Crippen MR) is 47.1 cm³/mol. The highest BCUT2D eigenvalue weighted by Crippen LogP contribution is 2.62. The zero-order valence-electron chi connectivity index (χ0n) is 7.12. The molecule has 0 amide bonds. The molecule has 3 nitrogen and oxygen atoms in total. The Balaban J connectivity index is 2.08. The zero-order valence-corrected chi connectivity index (χ0v) is 8.69. The van der Waals surface area contributed by atoms with E-state index in [0.29, 0.717) is 30.3 Å². The molecule has 0 radical (unpaired) electrons. The molecule has 2 rings (SSSR count). The van der Waals surface area contributed by atoms with Crippen molar-refractivity contribution in [3.63, 3.8) is 0 Å². The number of piperidine rings is 1. The molecule has 1 saturated heterocycles. The van der Waals surface area contributed by atoms with Crippen LogP contribution in [0.4, 0.5) is 0 Å². The average Bonchev–Trinajstić information content (AvgIpc) is 2.31. The largest absolute Gasteiger partial charge is 0.299 e. The molecular formula is C7H12ClNO2S. The Kier molecular flexibility index (Phi) is 1.58. The lowest BCUT2D eigenvalue weighted by atomic mass is 10.1. The summed E-state index contributed by atoms with van der Waals surface area (Å²) in [5.41, 5.74) is 0.345. The van der Waals surface area contributed by atoms with E-state index < -0.39 is 9.24 Å². The minimum atomic E-state index is -3.45. The van der Waals surface area contributed by atoms with Gasteiger partial charge in [0.1, 0.15) is 0 Å². The maximum atomic E-state index is 10.9. The van der Waals surface area contributed by atoms with Crippen molar-refractivity contribution in [3.8, 4) is 0 Å². The summed E-state index contributed by atoms with van der Waals surface area (Å²) in [6.07, 6.45) is 0. The number of hydrogen-bond acceptors (Lipinski definition) is 2. The second-order valence-corrected chi connectivity index (χ2v) is 6.80. The maximum Gasteiger partial charge on any atom is 0.299 e. The molecule has 1 aliphatic carbocycles. The number of rotatable bonds is 1. The van der Waals surface area contributed by atoms with Crippen LogP contribution in [0, 0.1) is 17.3 Å². The van der Waals surface area contributed by atoms with Gasteiger partial charge in [-0.3, -0.25) is 0 Å². The standard InChI is InChI=1S/C7H12ClNO2S/c1-7(2)5-3-9(4-6(5)7)12(8,10)11/h5-6H,3-4H2,1-2H3. The highest BCUT2D eigenvalue weighted by Gasteiger charge is 2.63. The van der Waals surface area contributed by atoms with Crippen LogP contribution in [0.25, 0.3) is 0 Å². The zero-order chi connectivity index (χ0) is 9.15. The van der Waals surface area contributed by atoms with Crippen LogP contribution in [0.2, 0.25) is 0 Å². The lowest BCUT2D eigenvalue weighted by molar-refractivity contribution is 0.370. The van der Waals surface area contributed by atoms with Crippen LogP contribution in [-0.2, 0) is 9.24 Å². The van der Waals surface area contributed by atoms with E-state index in [0.717, 1.165) is 0 Å². The van der Waals surface area contributed by atoms with E-state index in [-0.39, 0.29) is 0 Å². The minimum Gasteiger partial charge on any atom is -0.195 e. The van der Waals surface area contributed by atoms with Gasteiger partial charge in [0.15, 0.2) is 0 Å². The highest BCUT2D eigenvalue weighted by atomic mass is 35.7. The van der Waals surface area contributed by atoms with Crippen molar-refractivity contribution in [2.24, 2.45) is 17.3 Å². The highest BCUT2D eigenvalue weighted by molar-refractivity contribution is 8.11. The molecular weight excluding hydrogens is 198 g/mol. The molecule has 1 heterocycles. The number of hydrogen-bond donors (Lipinski definition) is 0. The molecule has 1 saturated carbocycles. The van der Waals surface area contributed by atoms with Crippen LogP contribution >= 0.6 is 10.7 Å². The van der Waals surface area contributed by atoms with Gasteiger partial charge < -0.3 is 0 Å². The second kappa shape index (κ2) is 2.16. The molecule has 0 aromatic carbocycles. The molecule has 0 N–H and O–H groups in total. The van der Waals surface area contributed by atoms with E-state index in [9.17, 15) is 8.42 Å².